The van der Waals surface area contributed by atoms with E-state index in [4.69, 9.17) is 5.11 Å². The third-order valence-corrected chi connectivity index (χ3v) is 4.93. The van der Waals surface area contributed by atoms with Gasteiger partial charge in [-0.05, 0) is 30.5 Å². The van der Waals surface area contributed by atoms with Gasteiger partial charge in [-0.15, -0.1) is 11.8 Å². The Labute approximate surface area is 140 Å². The molecule has 0 unspecified atom stereocenters. The van der Waals surface area contributed by atoms with E-state index in [1.807, 2.05) is 0 Å². The van der Waals surface area contributed by atoms with Gasteiger partial charge in [0.15, 0.2) is 5.78 Å². The summed E-state index contributed by atoms with van der Waals surface area (Å²) in [6.45, 7) is 0. The molecule has 116 valence electrons. The van der Waals surface area contributed by atoms with Gasteiger partial charge in [-0.25, -0.2) is 0 Å². The minimum absolute atomic E-state index is 0.0715. The Balaban J connectivity index is 2.51. The van der Waals surface area contributed by atoms with Crippen LogP contribution in [0, 0.1) is 0 Å². The van der Waals surface area contributed by atoms with Gasteiger partial charge in [0.2, 0.25) is 0 Å². The maximum atomic E-state index is 12.8. The maximum Gasteiger partial charge on any atom is 0.308 e. The van der Waals surface area contributed by atoms with Gasteiger partial charge in [0.25, 0.3) is 5.91 Å². The highest BCUT2D eigenvalue weighted by Crippen LogP contribution is 2.35. The number of nitrogens with zero attached hydrogens (tertiary/aromatic N) is 1. The molecule has 0 saturated carbocycles. The molecule has 2 rings (SSSR count). The summed E-state index contributed by atoms with van der Waals surface area (Å²) < 4.78 is 0.838. The Morgan fingerprint density at radius 1 is 1.32 bits per heavy atom. The Morgan fingerprint density at radius 2 is 1.91 bits per heavy atom. The van der Waals surface area contributed by atoms with Crippen LogP contribution in [0.1, 0.15) is 16.8 Å². The van der Waals surface area contributed by atoms with E-state index in [9.17, 15) is 14.4 Å². The van der Waals surface area contributed by atoms with E-state index in [1.165, 1.54) is 16.7 Å². The second-order valence-electron chi connectivity index (χ2n) is 4.80. The van der Waals surface area contributed by atoms with Crippen molar-refractivity contribution in [2.75, 3.05) is 13.3 Å². The van der Waals surface area contributed by atoms with Crippen LogP contribution < -0.4 is 0 Å². The summed E-state index contributed by atoms with van der Waals surface area (Å²) in [6, 6.07) is 6.77. The van der Waals surface area contributed by atoms with Gasteiger partial charge in [0.1, 0.15) is 5.37 Å². The number of carboxylic acid groups (broad SMARTS) is 1. The fraction of sp³-hybridized carbons (Fsp3) is 0.267. The first-order valence-corrected chi connectivity index (χ1v) is 8.50. The smallest absolute Gasteiger partial charge is 0.308 e. The summed E-state index contributed by atoms with van der Waals surface area (Å²) in [4.78, 5) is 37.4. The summed E-state index contributed by atoms with van der Waals surface area (Å²) >= 11 is 4.63. The molecule has 5 nitrogen and oxygen atoms in total. The Bertz CT molecular complexity index is 669. The minimum atomic E-state index is -1.13. The molecule has 1 aliphatic rings. The molecule has 1 amide bonds. The fourth-order valence-electron chi connectivity index (χ4n) is 2.38. The normalized spacial score (nSPS) is 18.0. The van der Waals surface area contributed by atoms with E-state index in [1.54, 1.807) is 37.6 Å². The molecule has 1 aliphatic heterocycles. The number of halogens is 1. The molecule has 1 aromatic carbocycles. The fourth-order valence-corrected chi connectivity index (χ4v) is 3.54. The monoisotopic (exact) mass is 383 g/mol. The number of hydrogen-bond acceptors (Lipinski definition) is 4. The third kappa shape index (κ3) is 3.10. The minimum Gasteiger partial charge on any atom is -0.481 e. The topological polar surface area (TPSA) is 74.7 Å². The molecule has 1 aromatic rings. The number of carbonyl (C=O) groups excluding carboxylic acids is 2. The van der Waals surface area contributed by atoms with Gasteiger partial charge < -0.3 is 10.0 Å². The van der Waals surface area contributed by atoms with Crippen molar-refractivity contribution in [2.45, 2.75) is 11.8 Å². The van der Waals surface area contributed by atoms with E-state index >= 15 is 0 Å². The lowest BCUT2D eigenvalue weighted by molar-refractivity contribution is -0.137. The van der Waals surface area contributed by atoms with E-state index in [-0.39, 0.29) is 16.9 Å². The van der Waals surface area contributed by atoms with Crippen molar-refractivity contribution in [3.63, 3.8) is 0 Å². The zero-order valence-corrected chi connectivity index (χ0v) is 14.4. The van der Waals surface area contributed by atoms with Gasteiger partial charge >= 0.3 is 5.97 Å². The van der Waals surface area contributed by atoms with Gasteiger partial charge in [-0.1, -0.05) is 15.9 Å². The van der Waals surface area contributed by atoms with Gasteiger partial charge in [0.05, 0.1) is 6.42 Å². The van der Waals surface area contributed by atoms with E-state index in [0.717, 1.165) is 4.47 Å². The second kappa shape index (κ2) is 6.66. The molecule has 0 aliphatic carbocycles. The summed E-state index contributed by atoms with van der Waals surface area (Å²) in [7, 11) is 1.58. The van der Waals surface area contributed by atoms with Crippen molar-refractivity contribution in [3.05, 3.63) is 45.4 Å². The van der Waals surface area contributed by atoms with Crippen molar-refractivity contribution in [2.24, 2.45) is 0 Å². The summed E-state index contributed by atoms with van der Waals surface area (Å²) in [6.07, 6.45) is 1.34. The first kappa shape index (κ1) is 16.8. The molecule has 0 bridgehead atoms. The number of aliphatic carboxylic acids is 1. The van der Waals surface area contributed by atoms with Crippen LogP contribution in [-0.2, 0) is 9.59 Å². The zero-order chi connectivity index (χ0) is 16.4. The summed E-state index contributed by atoms with van der Waals surface area (Å²) in [5.74, 6) is -1.83. The third-order valence-electron chi connectivity index (χ3n) is 3.40. The van der Waals surface area contributed by atoms with Crippen LogP contribution in [0.4, 0.5) is 0 Å². The average molecular weight is 384 g/mol. The number of hydrogen-bond donors (Lipinski definition) is 1. The predicted octanol–water partition coefficient (Wildman–Crippen LogP) is 2.56. The van der Waals surface area contributed by atoms with Crippen molar-refractivity contribution in [3.8, 4) is 0 Å². The average Bonchev–Trinajstić information content (AvgIpc) is 2.71. The number of benzene rings is 1. The standard InChI is InChI=1S/C15H14BrNO4S/c1-17-14(21)10(7-11(18)19)12(15(17)22-2)13(20)8-3-5-9(16)6-4-8/h3-6,15H,7H2,1-2H3,(H,18,19)/t15-/m0/s1. The van der Waals surface area contributed by atoms with Crippen LogP contribution in [0.2, 0.25) is 0 Å². The first-order chi connectivity index (χ1) is 10.4. The number of rotatable bonds is 5. The number of ketones is 1. The molecule has 1 N–H and O–H groups in total. The largest absolute Gasteiger partial charge is 0.481 e. The lowest BCUT2D eigenvalue weighted by Gasteiger charge is -2.20. The van der Waals surface area contributed by atoms with Crippen LogP contribution in [-0.4, -0.2) is 46.3 Å². The Hall–Kier alpha value is -1.60. The molecule has 0 saturated heterocycles. The highest BCUT2D eigenvalue weighted by atomic mass is 79.9. The highest BCUT2D eigenvalue weighted by molar-refractivity contribution is 9.10. The number of carboxylic acids is 1. The van der Waals surface area contributed by atoms with Crippen LogP contribution in [0.15, 0.2) is 39.9 Å². The van der Waals surface area contributed by atoms with Crippen molar-refractivity contribution in [1.29, 1.82) is 0 Å². The molecule has 22 heavy (non-hydrogen) atoms. The molecular formula is C15H14BrNO4S. The molecule has 0 radical (unpaired) electrons. The van der Waals surface area contributed by atoms with Gasteiger partial charge in [-0.3, -0.25) is 14.4 Å². The van der Waals surface area contributed by atoms with Gasteiger partial charge in [-0.2, -0.15) is 0 Å². The second-order valence-corrected chi connectivity index (χ2v) is 6.64. The van der Waals surface area contributed by atoms with Crippen molar-refractivity contribution >= 4 is 45.4 Å². The maximum absolute atomic E-state index is 12.8. The van der Waals surface area contributed by atoms with Crippen LogP contribution in [0.3, 0.4) is 0 Å². The SMILES string of the molecule is CS[C@H]1C(C(=O)c2ccc(Br)cc2)=C(CC(=O)O)C(=O)N1C. The first-order valence-electron chi connectivity index (χ1n) is 6.42. The zero-order valence-electron chi connectivity index (χ0n) is 12.0. The lowest BCUT2D eigenvalue weighted by atomic mass is 9.98. The number of carbonyl (C=O) groups is 3. The van der Waals surface area contributed by atoms with Crippen LogP contribution in [0.5, 0.6) is 0 Å². The van der Waals surface area contributed by atoms with Crippen LogP contribution in [0.25, 0.3) is 0 Å². The Morgan fingerprint density at radius 3 is 2.41 bits per heavy atom. The van der Waals surface area contributed by atoms with Crippen molar-refractivity contribution in [1.82, 2.24) is 4.90 Å². The molecule has 1 atom stereocenters. The van der Waals surface area contributed by atoms with E-state index in [2.05, 4.69) is 15.9 Å². The lowest BCUT2D eigenvalue weighted by Crippen LogP contribution is -2.30. The highest BCUT2D eigenvalue weighted by Gasteiger charge is 2.40. The predicted molar refractivity (Wildman–Crippen MR) is 87.8 cm³/mol. The van der Waals surface area contributed by atoms with E-state index in [0.29, 0.717) is 5.56 Å². The molecule has 1 heterocycles. The molecule has 0 aromatic heterocycles. The van der Waals surface area contributed by atoms with Gasteiger partial charge in [0, 0.05) is 28.2 Å². The van der Waals surface area contributed by atoms with E-state index < -0.39 is 23.7 Å². The molecular weight excluding hydrogens is 370 g/mol. The number of Topliss-reactive ketones (excluding diaryl/α,β-unsaturated/α-hetero) is 1. The summed E-state index contributed by atoms with van der Waals surface area (Å²) in [5, 5.41) is 8.55. The quantitative estimate of drug-likeness (QED) is 0.790. The Kier molecular flexibility index (Phi) is 5.08. The molecule has 0 fully saturated rings. The number of thioether (sulfide) groups is 1. The van der Waals surface area contributed by atoms with Crippen molar-refractivity contribution < 1.29 is 19.5 Å². The number of amides is 1. The molecule has 7 heteroatoms. The van der Waals surface area contributed by atoms with Crippen LogP contribution >= 0.6 is 27.7 Å². The molecule has 0 spiro atoms. The summed E-state index contributed by atoms with van der Waals surface area (Å²) in [5.41, 5.74) is 0.773. The number of likely N-dealkylation sites (N-methyl/N-ethyl adjacent to an activating group) is 1.